The molecule has 150 valence electrons. The van der Waals surface area contributed by atoms with Crippen molar-refractivity contribution >= 4 is 11.7 Å². The van der Waals surface area contributed by atoms with Crippen LogP contribution >= 0.6 is 0 Å². The van der Waals surface area contributed by atoms with E-state index in [0.717, 1.165) is 30.9 Å². The lowest BCUT2D eigenvalue weighted by Gasteiger charge is -2.35. The van der Waals surface area contributed by atoms with Crippen molar-refractivity contribution in [1.29, 1.82) is 0 Å². The van der Waals surface area contributed by atoms with E-state index < -0.39 is 18.6 Å². The van der Waals surface area contributed by atoms with Crippen LogP contribution in [0.3, 0.4) is 0 Å². The summed E-state index contributed by atoms with van der Waals surface area (Å²) in [4.78, 5) is 14.0. The van der Waals surface area contributed by atoms with Gasteiger partial charge in [0.15, 0.2) is 0 Å². The molecule has 1 saturated carbocycles. The second kappa shape index (κ2) is 8.89. The number of hydrogen-bond acceptors (Lipinski definition) is 3. The second-order valence-corrected chi connectivity index (χ2v) is 7.87. The summed E-state index contributed by atoms with van der Waals surface area (Å²) < 4.78 is 29.0. The molecule has 2 fully saturated rings. The molecule has 2 aliphatic rings. The van der Waals surface area contributed by atoms with Crippen LogP contribution in [0.4, 0.5) is 14.5 Å². The fraction of sp³-hybridized carbons (Fsp3) is 0.667. The van der Waals surface area contributed by atoms with E-state index in [9.17, 15) is 18.7 Å². The lowest BCUT2D eigenvalue weighted by atomic mass is 9.72. The highest BCUT2D eigenvalue weighted by atomic mass is 19.3. The first-order chi connectivity index (χ1) is 13.0. The Bertz CT molecular complexity index is 614. The molecule has 1 heterocycles. The summed E-state index contributed by atoms with van der Waals surface area (Å²) in [6, 6.07) is 5.76. The van der Waals surface area contributed by atoms with Gasteiger partial charge in [-0.25, -0.2) is 4.79 Å². The first kappa shape index (κ1) is 19.9. The van der Waals surface area contributed by atoms with E-state index in [-0.39, 0.29) is 11.7 Å². The quantitative estimate of drug-likeness (QED) is 0.708. The summed E-state index contributed by atoms with van der Waals surface area (Å²) in [6.07, 6.45) is 8.02. The largest absolute Gasteiger partial charge is 0.480 e. The van der Waals surface area contributed by atoms with Gasteiger partial charge in [-0.2, -0.15) is 8.78 Å². The highest BCUT2D eigenvalue weighted by molar-refractivity contribution is 5.79. The molecule has 0 amide bonds. The second-order valence-electron chi connectivity index (χ2n) is 7.87. The number of carboxylic acid groups (broad SMARTS) is 1. The Morgan fingerprint density at radius 2 is 1.85 bits per heavy atom. The molecule has 6 heteroatoms. The highest BCUT2D eigenvalue weighted by Gasteiger charge is 2.44. The number of hydrogen-bond donors (Lipinski definition) is 1. The molecule has 1 aliphatic carbocycles. The summed E-state index contributed by atoms with van der Waals surface area (Å²) in [5.74, 6) is 0.717. The van der Waals surface area contributed by atoms with Gasteiger partial charge in [0.2, 0.25) is 0 Å². The standard InChI is InChI=1S/C21H29F2NO3/c1-2-3-14-4-6-15(7-5-14)18-12-13-24(19(18)20(25)26)16-8-10-17(11-9-16)27-21(22)23/h8-11,14-15,18-19,21H,2-7,12-13H2,1H3,(H,25,26)/t14?,15?,18-,19+/m1/s1. The number of aliphatic carboxylic acids is 1. The molecule has 1 aromatic carbocycles. The summed E-state index contributed by atoms with van der Waals surface area (Å²) in [7, 11) is 0. The maximum Gasteiger partial charge on any atom is 0.387 e. The van der Waals surface area contributed by atoms with Gasteiger partial charge < -0.3 is 14.7 Å². The van der Waals surface area contributed by atoms with Crippen LogP contribution in [0.1, 0.15) is 51.9 Å². The Morgan fingerprint density at radius 1 is 1.19 bits per heavy atom. The van der Waals surface area contributed by atoms with E-state index in [1.807, 2.05) is 4.90 Å². The number of benzene rings is 1. The van der Waals surface area contributed by atoms with Crippen molar-refractivity contribution < 1.29 is 23.4 Å². The minimum absolute atomic E-state index is 0.0885. The predicted octanol–water partition coefficient (Wildman–Crippen LogP) is 5.17. The molecule has 3 rings (SSSR count). The third-order valence-corrected chi connectivity index (χ3v) is 6.29. The van der Waals surface area contributed by atoms with E-state index in [4.69, 9.17) is 0 Å². The summed E-state index contributed by atoms with van der Waals surface area (Å²) >= 11 is 0. The topological polar surface area (TPSA) is 49.8 Å². The number of carboxylic acids is 1. The van der Waals surface area contributed by atoms with Gasteiger partial charge in [-0.1, -0.05) is 32.6 Å². The predicted molar refractivity (Wildman–Crippen MR) is 100 cm³/mol. The van der Waals surface area contributed by atoms with Gasteiger partial charge in [-0.3, -0.25) is 0 Å². The molecular formula is C21H29F2NO3. The maximum absolute atomic E-state index is 12.3. The van der Waals surface area contributed by atoms with Crippen molar-refractivity contribution in [3.63, 3.8) is 0 Å². The third kappa shape index (κ3) is 4.71. The molecule has 27 heavy (non-hydrogen) atoms. The zero-order valence-corrected chi connectivity index (χ0v) is 15.8. The van der Waals surface area contributed by atoms with Gasteiger partial charge in [-0.15, -0.1) is 0 Å². The van der Waals surface area contributed by atoms with E-state index in [2.05, 4.69) is 11.7 Å². The van der Waals surface area contributed by atoms with Crippen molar-refractivity contribution in [3.05, 3.63) is 24.3 Å². The zero-order chi connectivity index (χ0) is 19.4. The molecule has 0 aromatic heterocycles. The summed E-state index contributed by atoms with van der Waals surface area (Å²) in [5.41, 5.74) is 0.756. The van der Waals surface area contributed by atoms with Crippen LogP contribution in [0, 0.1) is 17.8 Å². The molecule has 2 atom stereocenters. The lowest BCUT2D eigenvalue weighted by molar-refractivity contribution is -0.140. The van der Waals surface area contributed by atoms with Crippen LogP contribution in [0.15, 0.2) is 24.3 Å². The minimum Gasteiger partial charge on any atom is -0.480 e. The number of rotatable bonds is 7. The van der Waals surface area contributed by atoms with E-state index in [1.165, 1.54) is 37.8 Å². The Morgan fingerprint density at radius 3 is 2.41 bits per heavy atom. The van der Waals surface area contributed by atoms with Crippen molar-refractivity contribution in [2.24, 2.45) is 17.8 Å². The fourth-order valence-electron chi connectivity index (χ4n) is 5.05. The average molecular weight is 381 g/mol. The van der Waals surface area contributed by atoms with Crippen molar-refractivity contribution in [2.45, 2.75) is 64.5 Å². The van der Waals surface area contributed by atoms with Crippen LogP contribution in [0.25, 0.3) is 0 Å². The zero-order valence-electron chi connectivity index (χ0n) is 15.8. The molecule has 1 aliphatic heterocycles. The number of halogens is 2. The van der Waals surface area contributed by atoms with Crippen molar-refractivity contribution in [2.75, 3.05) is 11.4 Å². The normalized spacial score (nSPS) is 28.5. The Kier molecular flexibility index (Phi) is 6.55. The van der Waals surface area contributed by atoms with Crippen LogP contribution < -0.4 is 9.64 Å². The summed E-state index contributed by atoms with van der Waals surface area (Å²) in [5, 5.41) is 9.89. The number of anilines is 1. The van der Waals surface area contributed by atoms with Crippen LogP contribution in [0.2, 0.25) is 0 Å². The van der Waals surface area contributed by atoms with Crippen LogP contribution in [-0.4, -0.2) is 30.3 Å². The molecule has 0 bridgehead atoms. The van der Waals surface area contributed by atoms with E-state index >= 15 is 0 Å². The molecule has 1 saturated heterocycles. The molecule has 1 aromatic rings. The first-order valence-corrected chi connectivity index (χ1v) is 10.0. The number of nitrogens with zero attached hydrogens (tertiary/aromatic N) is 1. The fourth-order valence-corrected chi connectivity index (χ4v) is 5.05. The summed E-state index contributed by atoms with van der Waals surface area (Å²) in [6.45, 7) is 0.0477. The Balaban J connectivity index is 1.68. The number of carbonyl (C=O) groups is 1. The first-order valence-electron chi connectivity index (χ1n) is 10.0. The van der Waals surface area contributed by atoms with Crippen molar-refractivity contribution in [1.82, 2.24) is 0 Å². The minimum atomic E-state index is -2.86. The molecule has 1 N–H and O–H groups in total. The third-order valence-electron chi connectivity index (χ3n) is 6.29. The molecule has 0 radical (unpaired) electrons. The lowest BCUT2D eigenvalue weighted by Crippen LogP contribution is -2.42. The van der Waals surface area contributed by atoms with Crippen molar-refractivity contribution in [3.8, 4) is 5.75 Å². The Labute approximate surface area is 159 Å². The highest BCUT2D eigenvalue weighted by Crippen LogP contribution is 2.43. The maximum atomic E-state index is 12.3. The number of ether oxygens (including phenoxy) is 1. The average Bonchev–Trinajstić information content (AvgIpc) is 3.08. The van der Waals surface area contributed by atoms with E-state index in [1.54, 1.807) is 12.1 Å². The van der Waals surface area contributed by atoms with Gasteiger partial charge in [0.25, 0.3) is 0 Å². The van der Waals surface area contributed by atoms with Crippen LogP contribution in [0.5, 0.6) is 5.75 Å². The van der Waals surface area contributed by atoms with Gasteiger partial charge >= 0.3 is 12.6 Å². The number of alkyl halides is 2. The monoisotopic (exact) mass is 381 g/mol. The van der Waals surface area contributed by atoms with E-state index in [0.29, 0.717) is 12.5 Å². The molecule has 0 spiro atoms. The molecule has 0 unspecified atom stereocenters. The SMILES string of the molecule is CCCC1CCC([C@H]2CCN(c3ccc(OC(F)F)cc3)[C@@H]2C(=O)O)CC1. The van der Waals surface area contributed by atoms with Gasteiger partial charge in [0.05, 0.1) is 0 Å². The van der Waals surface area contributed by atoms with Gasteiger partial charge in [0, 0.05) is 12.2 Å². The molecule has 4 nitrogen and oxygen atoms in total. The van der Waals surface area contributed by atoms with Gasteiger partial charge in [-0.05, 0) is 61.3 Å². The van der Waals surface area contributed by atoms with Gasteiger partial charge in [0.1, 0.15) is 11.8 Å². The Hall–Kier alpha value is -1.85. The molecular weight excluding hydrogens is 352 g/mol. The van der Waals surface area contributed by atoms with Crippen LogP contribution in [-0.2, 0) is 4.79 Å². The smallest absolute Gasteiger partial charge is 0.387 e.